The average Bonchev–Trinajstić information content (AvgIpc) is 2.91. The normalized spacial score (nSPS) is 15.0. The second kappa shape index (κ2) is 9.62. The van der Waals surface area contributed by atoms with Crippen molar-refractivity contribution in [3.05, 3.63) is 53.6 Å². The van der Waals surface area contributed by atoms with Crippen molar-refractivity contribution >= 4 is 33.2 Å². The lowest BCUT2D eigenvalue weighted by atomic mass is 10.0. The van der Waals surface area contributed by atoms with Crippen LogP contribution in [-0.4, -0.2) is 26.3 Å². The van der Waals surface area contributed by atoms with E-state index in [1.54, 1.807) is 32.0 Å². The molecule has 1 atom stereocenters. The first-order valence-electron chi connectivity index (χ1n) is 10.5. The van der Waals surface area contributed by atoms with Crippen molar-refractivity contribution in [3.8, 4) is 0 Å². The minimum atomic E-state index is -3.94. The molecule has 7 nitrogen and oxygen atoms in total. The lowest BCUT2D eigenvalue weighted by Gasteiger charge is -2.22. The lowest BCUT2D eigenvalue weighted by molar-refractivity contribution is -0.118. The number of nitrogens with one attached hydrogen (secondary N) is 3. The lowest BCUT2D eigenvalue weighted by Crippen LogP contribution is -2.47. The van der Waals surface area contributed by atoms with E-state index in [0.717, 1.165) is 17.5 Å². The molecule has 2 amide bonds. The number of carbonyl (C=O) groups is 2. The predicted molar refractivity (Wildman–Crippen MR) is 121 cm³/mol. The Balaban J connectivity index is 1.80. The molecule has 8 heteroatoms. The van der Waals surface area contributed by atoms with E-state index in [1.165, 1.54) is 6.07 Å². The Morgan fingerprint density at radius 2 is 1.90 bits per heavy atom. The van der Waals surface area contributed by atoms with E-state index in [0.29, 0.717) is 30.6 Å². The summed E-state index contributed by atoms with van der Waals surface area (Å²) in [4.78, 5) is 24.7. The third-order valence-electron chi connectivity index (χ3n) is 5.35. The van der Waals surface area contributed by atoms with E-state index in [4.69, 9.17) is 0 Å². The van der Waals surface area contributed by atoms with Gasteiger partial charge in [0.05, 0.1) is 4.90 Å². The van der Waals surface area contributed by atoms with E-state index in [9.17, 15) is 18.0 Å². The van der Waals surface area contributed by atoms with Crippen LogP contribution in [0.3, 0.4) is 0 Å². The Morgan fingerprint density at radius 1 is 1.13 bits per heavy atom. The number of fused-ring (bicyclic) bond motifs is 1. The van der Waals surface area contributed by atoms with Gasteiger partial charge in [0.25, 0.3) is 0 Å². The molecule has 0 aromatic heterocycles. The molecular weight excluding hydrogens is 414 g/mol. The molecule has 2 aromatic carbocycles. The molecule has 0 bridgehead atoms. The highest BCUT2D eigenvalue weighted by Crippen LogP contribution is 2.25. The van der Waals surface area contributed by atoms with Crippen LogP contribution in [0.25, 0.3) is 0 Å². The van der Waals surface area contributed by atoms with Crippen molar-refractivity contribution in [2.24, 2.45) is 5.92 Å². The van der Waals surface area contributed by atoms with E-state index in [1.807, 2.05) is 25.1 Å². The molecule has 2 aromatic rings. The molecule has 0 saturated carbocycles. The smallest absolute Gasteiger partial charge is 0.242 e. The maximum Gasteiger partial charge on any atom is 0.242 e. The first-order chi connectivity index (χ1) is 14.7. The van der Waals surface area contributed by atoms with E-state index in [2.05, 4.69) is 15.4 Å². The van der Waals surface area contributed by atoms with Crippen LogP contribution in [-0.2, 0) is 32.5 Å². The van der Waals surface area contributed by atoms with Crippen LogP contribution in [0.4, 0.5) is 11.4 Å². The molecule has 0 aliphatic carbocycles. The van der Waals surface area contributed by atoms with Gasteiger partial charge in [0.2, 0.25) is 21.8 Å². The molecule has 0 fully saturated rings. The van der Waals surface area contributed by atoms with Gasteiger partial charge in [0.15, 0.2) is 0 Å². The highest BCUT2D eigenvalue weighted by molar-refractivity contribution is 7.89. The maximum atomic E-state index is 13.1. The standard InChI is InChI=1S/C23H29N3O4S/c1-4-16-7-5-9-18(13-16)24-23(28)22(15(2)3)26-31(29,30)19-11-12-20-17(14-19)8-6-10-21(27)25-20/h5,7,9,11-15,22,26H,4,6,8,10H2,1-3H3,(H,24,28)(H,25,27). The summed E-state index contributed by atoms with van der Waals surface area (Å²) >= 11 is 0. The van der Waals surface area contributed by atoms with Crippen molar-refractivity contribution in [2.75, 3.05) is 10.6 Å². The zero-order valence-electron chi connectivity index (χ0n) is 18.1. The Kier molecular flexibility index (Phi) is 7.12. The van der Waals surface area contributed by atoms with E-state index < -0.39 is 22.0 Å². The summed E-state index contributed by atoms with van der Waals surface area (Å²) in [5, 5.41) is 5.62. The number of sulfonamides is 1. The van der Waals surface area contributed by atoms with Crippen LogP contribution >= 0.6 is 0 Å². The van der Waals surface area contributed by atoms with Gasteiger partial charge in [0.1, 0.15) is 6.04 Å². The highest BCUT2D eigenvalue weighted by Gasteiger charge is 2.29. The summed E-state index contributed by atoms with van der Waals surface area (Å²) < 4.78 is 28.7. The zero-order valence-corrected chi connectivity index (χ0v) is 18.9. The SMILES string of the molecule is CCc1cccc(NC(=O)C(NS(=O)(=O)c2ccc3c(c2)CCCC(=O)N3)C(C)C)c1. The Hall–Kier alpha value is -2.71. The summed E-state index contributed by atoms with van der Waals surface area (Å²) in [6.45, 7) is 5.61. The molecule has 1 heterocycles. The molecule has 0 saturated heterocycles. The molecule has 0 spiro atoms. The van der Waals surface area contributed by atoms with Gasteiger partial charge in [-0.25, -0.2) is 8.42 Å². The average molecular weight is 444 g/mol. The molecule has 3 N–H and O–H groups in total. The monoisotopic (exact) mass is 443 g/mol. The fraction of sp³-hybridized carbons (Fsp3) is 0.391. The van der Waals surface area contributed by atoms with Gasteiger partial charge >= 0.3 is 0 Å². The summed E-state index contributed by atoms with van der Waals surface area (Å²) in [6.07, 6.45) is 2.51. The molecule has 1 aliphatic heterocycles. The number of hydrogen-bond acceptors (Lipinski definition) is 4. The zero-order chi connectivity index (χ0) is 22.6. The molecule has 1 aliphatic rings. The quantitative estimate of drug-likeness (QED) is 0.609. The third kappa shape index (κ3) is 5.71. The number of hydrogen-bond donors (Lipinski definition) is 3. The number of amides is 2. The molecule has 31 heavy (non-hydrogen) atoms. The molecule has 166 valence electrons. The Bertz CT molecular complexity index is 1080. The summed E-state index contributed by atoms with van der Waals surface area (Å²) in [6, 6.07) is 11.2. The molecule has 3 rings (SSSR count). The first kappa shape index (κ1) is 23.0. The van der Waals surface area contributed by atoms with Gasteiger partial charge in [0, 0.05) is 17.8 Å². The number of carbonyl (C=O) groups excluding carboxylic acids is 2. The first-order valence-corrected chi connectivity index (χ1v) is 12.0. The van der Waals surface area contributed by atoms with E-state index >= 15 is 0 Å². The number of aryl methyl sites for hydroxylation is 2. The minimum Gasteiger partial charge on any atom is -0.326 e. The summed E-state index contributed by atoms with van der Waals surface area (Å²) in [5.74, 6) is -0.741. The molecule has 0 radical (unpaired) electrons. The van der Waals surface area contributed by atoms with Gasteiger partial charge in [-0.3, -0.25) is 9.59 Å². The molecule has 1 unspecified atom stereocenters. The highest BCUT2D eigenvalue weighted by atomic mass is 32.2. The van der Waals surface area contributed by atoms with Crippen LogP contribution < -0.4 is 15.4 Å². The van der Waals surface area contributed by atoms with Crippen molar-refractivity contribution in [2.45, 2.75) is 57.4 Å². The van der Waals surface area contributed by atoms with Crippen molar-refractivity contribution in [1.82, 2.24) is 4.72 Å². The fourth-order valence-corrected chi connectivity index (χ4v) is 4.93. The van der Waals surface area contributed by atoms with Gasteiger partial charge < -0.3 is 10.6 Å². The van der Waals surface area contributed by atoms with Crippen LogP contribution in [0.15, 0.2) is 47.4 Å². The van der Waals surface area contributed by atoms with Crippen LogP contribution in [0.5, 0.6) is 0 Å². The van der Waals surface area contributed by atoms with Crippen LogP contribution in [0.2, 0.25) is 0 Å². The van der Waals surface area contributed by atoms with Gasteiger partial charge in [-0.1, -0.05) is 32.9 Å². The fourth-order valence-electron chi connectivity index (χ4n) is 3.53. The summed E-state index contributed by atoms with van der Waals surface area (Å²) in [5.41, 5.74) is 3.12. The van der Waals surface area contributed by atoms with Gasteiger partial charge in [-0.2, -0.15) is 4.72 Å². The van der Waals surface area contributed by atoms with Crippen molar-refractivity contribution < 1.29 is 18.0 Å². The topological polar surface area (TPSA) is 104 Å². The van der Waals surface area contributed by atoms with Crippen molar-refractivity contribution in [1.29, 1.82) is 0 Å². The van der Waals surface area contributed by atoms with Gasteiger partial charge in [-0.15, -0.1) is 0 Å². The largest absolute Gasteiger partial charge is 0.326 e. The number of rotatable bonds is 7. The maximum absolute atomic E-state index is 13.1. The predicted octanol–water partition coefficient (Wildman–Crippen LogP) is 3.47. The summed E-state index contributed by atoms with van der Waals surface area (Å²) in [7, 11) is -3.94. The number of anilines is 2. The van der Waals surface area contributed by atoms with Gasteiger partial charge in [-0.05, 0) is 66.6 Å². The third-order valence-corrected chi connectivity index (χ3v) is 6.78. The second-order valence-electron chi connectivity index (χ2n) is 8.11. The Morgan fingerprint density at radius 3 is 2.61 bits per heavy atom. The second-order valence-corrected chi connectivity index (χ2v) is 9.82. The van der Waals surface area contributed by atoms with E-state index in [-0.39, 0.29) is 16.7 Å². The minimum absolute atomic E-state index is 0.0730. The van der Waals surface area contributed by atoms with Crippen LogP contribution in [0.1, 0.15) is 44.7 Å². The Labute approximate surface area is 183 Å². The molecular formula is C23H29N3O4S. The van der Waals surface area contributed by atoms with Crippen LogP contribution in [0, 0.1) is 5.92 Å². The van der Waals surface area contributed by atoms with Crippen molar-refractivity contribution in [3.63, 3.8) is 0 Å². The number of benzene rings is 2.